The molecule has 1 amide bonds. The summed E-state index contributed by atoms with van der Waals surface area (Å²) in [4.78, 5) is 20.4. The monoisotopic (exact) mass is 590 g/mol. The number of carbonyl (C=O) groups is 1. The maximum absolute atomic E-state index is 13.6. The number of rotatable bonds is 7. The number of furan rings is 1. The van der Waals surface area contributed by atoms with E-state index in [1.807, 2.05) is 6.07 Å². The molecule has 0 aliphatic carbocycles. The summed E-state index contributed by atoms with van der Waals surface area (Å²) in [5.41, 5.74) is 14.6. The molecule has 0 unspecified atom stereocenters. The van der Waals surface area contributed by atoms with Gasteiger partial charge in [0.15, 0.2) is 5.88 Å². The van der Waals surface area contributed by atoms with Crippen LogP contribution in [0.2, 0.25) is 0 Å². The zero-order valence-corrected chi connectivity index (χ0v) is 23.6. The molecule has 0 aliphatic rings. The molecule has 0 radical (unpaired) electrons. The van der Waals surface area contributed by atoms with E-state index in [-0.39, 0.29) is 39.4 Å². The van der Waals surface area contributed by atoms with E-state index in [2.05, 4.69) is 15.3 Å². The minimum Gasteiger partial charge on any atom is -0.494 e. The van der Waals surface area contributed by atoms with Crippen molar-refractivity contribution >= 4 is 54.9 Å². The van der Waals surface area contributed by atoms with Gasteiger partial charge >= 0.3 is 0 Å². The highest BCUT2D eigenvalue weighted by atomic mass is 32.2. The largest absolute Gasteiger partial charge is 0.494 e. The number of hydrogen-bond acceptors (Lipinski definition) is 8. The van der Waals surface area contributed by atoms with E-state index in [1.165, 1.54) is 56.6 Å². The van der Waals surface area contributed by atoms with Crippen molar-refractivity contribution in [2.24, 2.45) is 11.5 Å². The van der Waals surface area contributed by atoms with Gasteiger partial charge in [0.25, 0.3) is 5.91 Å². The van der Waals surface area contributed by atoms with Gasteiger partial charge in [-0.1, -0.05) is 0 Å². The molecule has 216 valence electrons. The predicted molar refractivity (Wildman–Crippen MR) is 160 cm³/mol. The Morgan fingerprint density at radius 1 is 1.17 bits per heavy atom. The number of nitrogens with two attached hydrogens (primary N) is 2. The molecule has 42 heavy (non-hydrogen) atoms. The Morgan fingerprint density at radius 3 is 2.50 bits per heavy atom. The summed E-state index contributed by atoms with van der Waals surface area (Å²) in [6.45, 7) is 0. The number of allylic oxidation sites excluding steroid dienone is 2. The number of halogens is 1. The standard InChI is InChI=1S/C29H27FN6O5S/c1-33-29(38)25-20-12-18(21(31)13-19(27(32)37)22-11-16-5-4-10-34-28(16)35-22)23(36(2)42(3,39)40)14-24(20)41-26(25)15-6-8-17(30)9-7-15/h4-14,37H,31-32H2,1-3H3,(H,33,38)(H,34,35)/b21-13-,27-19-. The Bertz CT molecular complexity index is 1990. The molecule has 5 aromatic rings. The lowest BCUT2D eigenvalue weighted by molar-refractivity contribution is 0.0964. The van der Waals surface area contributed by atoms with Gasteiger partial charge in [-0.2, -0.15) is 0 Å². The third-order valence-electron chi connectivity index (χ3n) is 6.77. The van der Waals surface area contributed by atoms with Crippen LogP contribution in [-0.2, 0) is 10.0 Å². The van der Waals surface area contributed by atoms with Gasteiger partial charge in [0, 0.05) is 54.0 Å². The fourth-order valence-electron chi connectivity index (χ4n) is 4.58. The summed E-state index contributed by atoms with van der Waals surface area (Å²) >= 11 is 0. The average molecular weight is 591 g/mol. The van der Waals surface area contributed by atoms with Gasteiger partial charge in [-0.3, -0.25) is 9.10 Å². The lowest BCUT2D eigenvalue weighted by atomic mass is 10.00. The molecule has 0 fully saturated rings. The molecule has 0 saturated carbocycles. The van der Waals surface area contributed by atoms with Crippen molar-refractivity contribution in [1.82, 2.24) is 15.3 Å². The van der Waals surface area contributed by atoms with Crippen LogP contribution in [0.25, 0.3) is 44.6 Å². The SMILES string of the molecule is CNC(=O)c1c(-c2ccc(F)cc2)oc2cc(N(C)S(C)(=O)=O)c(/C(N)=C/C(=C(\N)O)c3cc4cccnc4[nH]3)cc12. The second-order valence-corrected chi connectivity index (χ2v) is 11.5. The number of nitrogens with one attached hydrogen (secondary N) is 2. The van der Waals surface area contributed by atoms with Gasteiger partial charge in [0.2, 0.25) is 10.0 Å². The highest BCUT2D eigenvalue weighted by Gasteiger charge is 2.26. The second kappa shape index (κ2) is 10.6. The molecule has 7 N–H and O–H groups in total. The molecule has 3 heterocycles. The Morgan fingerprint density at radius 2 is 1.88 bits per heavy atom. The number of anilines is 1. The third kappa shape index (κ3) is 5.12. The first-order chi connectivity index (χ1) is 19.9. The normalized spacial score (nSPS) is 12.9. The van der Waals surface area contributed by atoms with Gasteiger partial charge in [0.05, 0.1) is 28.8 Å². The summed E-state index contributed by atoms with van der Waals surface area (Å²) in [6, 6.07) is 13.7. The van der Waals surface area contributed by atoms with Crippen molar-refractivity contribution in [2.45, 2.75) is 0 Å². The summed E-state index contributed by atoms with van der Waals surface area (Å²) in [5.74, 6) is -1.35. The average Bonchev–Trinajstić information content (AvgIpc) is 3.55. The van der Waals surface area contributed by atoms with Crippen molar-refractivity contribution in [3.8, 4) is 11.3 Å². The van der Waals surface area contributed by atoms with Crippen LogP contribution in [-0.4, -0.2) is 49.8 Å². The number of aromatic nitrogens is 2. The molecule has 0 spiro atoms. The van der Waals surface area contributed by atoms with E-state index in [4.69, 9.17) is 15.9 Å². The summed E-state index contributed by atoms with van der Waals surface area (Å²) in [7, 11) is -0.993. The minimum atomic E-state index is -3.79. The number of amides is 1. The van der Waals surface area contributed by atoms with E-state index in [9.17, 15) is 22.7 Å². The number of sulfonamides is 1. The molecule has 5 rings (SSSR count). The Hall–Kier alpha value is -5.30. The van der Waals surface area contributed by atoms with Crippen LogP contribution in [0.15, 0.2) is 77.2 Å². The molecular formula is C29H27FN6O5S. The number of aromatic amines is 1. The van der Waals surface area contributed by atoms with Gasteiger partial charge in [-0.05, 0) is 54.6 Å². The van der Waals surface area contributed by atoms with Crippen LogP contribution in [0.4, 0.5) is 10.1 Å². The summed E-state index contributed by atoms with van der Waals surface area (Å²) in [5, 5.41) is 14.0. The lowest BCUT2D eigenvalue weighted by Crippen LogP contribution is -2.26. The first kappa shape index (κ1) is 28.2. The highest BCUT2D eigenvalue weighted by Crippen LogP contribution is 2.39. The molecule has 0 bridgehead atoms. The first-order valence-electron chi connectivity index (χ1n) is 12.5. The molecule has 11 nitrogen and oxygen atoms in total. The predicted octanol–water partition coefficient (Wildman–Crippen LogP) is 4.06. The van der Waals surface area contributed by atoms with Crippen molar-refractivity contribution in [3.63, 3.8) is 0 Å². The fraction of sp³-hybridized carbons (Fsp3) is 0.103. The summed E-state index contributed by atoms with van der Waals surface area (Å²) < 4.78 is 46.0. The van der Waals surface area contributed by atoms with E-state index in [0.717, 1.165) is 15.9 Å². The maximum atomic E-state index is 13.6. The number of nitrogens with zero attached hydrogens (tertiary/aromatic N) is 2. The minimum absolute atomic E-state index is 0.0217. The van der Waals surface area contributed by atoms with Crippen LogP contribution < -0.4 is 21.1 Å². The highest BCUT2D eigenvalue weighted by molar-refractivity contribution is 7.92. The van der Waals surface area contributed by atoms with E-state index in [1.54, 1.807) is 18.3 Å². The zero-order valence-electron chi connectivity index (χ0n) is 22.8. The Kier molecular flexibility index (Phi) is 7.12. The number of carbonyl (C=O) groups excluding carboxylic acids is 1. The number of aliphatic hydroxyl groups excluding tert-OH is 1. The van der Waals surface area contributed by atoms with Crippen LogP contribution >= 0.6 is 0 Å². The number of aliphatic hydroxyl groups is 1. The molecule has 0 atom stereocenters. The molecule has 3 aromatic heterocycles. The molecule has 13 heteroatoms. The molecule has 2 aromatic carbocycles. The Balaban J connectivity index is 1.77. The van der Waals surface area contributed by atoms with Gasteiger partial charge in [-0.25, -0.2) is 17.8 Å². The zero-order chi connectivity index (χ0) is 30.3. The van der Waals surface area contributed by atoms with Crippen molar-refractivity contribution in [3.05, 3.63) is 95.4 Å². The van der Waals surface area contributed by atoms with Crippen LogP contribution in [0.1, 0.15) is 21.6 Å². The first-order valence-corrected chi connectivity index (χ1v) is 14.4. The number of benzene rings is 2. The number of fused-ring (bicyclic) bond motifs is 2. The third-order valence-corrected chi connectivity index (χ3v) is 7.96. The summed E-state index contributed by atoms with van der Waals surface area (Å²) in [6.07, 6.45) is 4.02. The topological polar surface area (TPSA) is 181 Å². The van der Waals surface area contributed by atoms with Crippen molar-refractivity contribution in [1.29, 1.82) is 0 Å². The van der Waals surface area contributed by atoms with E-state index >= 15 is 0 Å². The fourth-order valence-corrected chi connectivity index (χ4v) is 5.09. The van der Waals surface area contributed by atoms with Crippen molar-refractivity contribution in [2.75, 3.05) is 24.7 Å². The van der Waals surface area contributed by atoms with Crippen LogP contribution in [0, 0.1) is 5.82 Å². The molecule has 0 saturated heterocycles. The van der Waals surface area contributed by atoms with Gasteiger partial charge in [-0.15, -0.1) is 0 Å². The van der Waals surface area contributed by atoms with E-state index in [0.29, 0.717) is 22.3 Å². The Labute approximate surface area is 240 Å². The van der Waals surface area contributed by atoms with Crippen LogP contribution in [0.5, 0.6) is 0 Å². The van der Waals surface area contributed by atoms with E-state index < -0.39 is 27.6 Å². The number of H-pyrrole nitrogens is 1. The quantitative estimate of drug-likeness (QED) is 0.139. The van der Waals surface area contributed by atoms with Gasteiger partial charge in [0.1, 0.15) is 22.8 Å². The second-order valence-electron chi connectivity index (χ2n) is 9.51. The smallest absolute Gasteiger partial charge is 0.255 e. The van der Waals surface area contributed by atoms with Crippen molar-refractivity contribution < 1.29 is 27.1 Å². The number of hydrogen-bond donors (Lipinski definition) is 5. The van der Waals surface area contributed by atoms with Crippen LogP contribution in [0.3, 0.4) is 0 Å². The molecule has 0 aliphatic heterocycles. The molecular weight excluding hydrogens is 563 g/mol. The number of pyridine rings is 1. The maximum Gasteiger partial charge on any atom is 0.255 e. The lowest BCUT2D eigenvalue weighted by Gasteiger charge is -2.21. The van der Waals surface area contributed by atoms with Gasteiger partial charge < -0.3 is 31.3 Å².